The lowest BCUT2D eigenvalue weighted by atomic mass is 10.3. The molecule has 1 aliphatic rings. The van der Waals surface area contributed by atoms with Crippen molar-refractivity contribution in [2.24, 2.45) is 5.92 Å². The van der Waals surface area contributed by atoms with Crippen LogP contribution in [0.25, 0.3) is 11.0 Å². The predicted octanol–water partition coefficient (Wildman–Crippen LogP) is 0.899. The van der Waals surface area contributed by atoms with E-state index in [1.165, 1.54) is 15.4 Å². The number of carbonyl (C=O) groups is 2. The van der Waals surface area contributed by atoms with Gasteiger partial charge in [0.05, 0.1) is 17.2 Å². The van der Waals surface area contributed by atoms with E-state index >= 15 is 0 Å². The number of para-hydroxylation sites is 2. The Labute approximate surface area is 136 Å². The number of nitrogens with two attached hydrogens (primary N) is 1. The summed E-state index contributed by atoms with van der Waals surface area (Å²) >= 11 is 0. The van der Waals surface area contributed by atoms with Gasteiger partial charge in [-0.25, -0.2) is 14.2 Å². The third-order valence-electron chi connectivity index (χ3n) is 3.87. The highest BCUT2D eigenvalue weighted by Crippen LogP contribution is 2.29. The second kappa shape index (κ2) is 5.44. The van der Waals surface area contributed by atoms with Gasteiger partial charge in [0.25, 0.3) is 5.91 Å². The van der Waals surface area contributed by atoms with Crippen LogP contribution in [0.3, 0.4) is 0 Å². The van der Waals surface area contributed by atoms with Crippen molar-refractivity contribution in [1.82, 2.24) is 24.5 Å². The van der Waals surface area contributed by atoms with E-state index in [-0.39, 0.29) is 30.2 Å². The highest BCUT2D eigenvalue weighted by atomic mass is 16.2. The van der Waals surface area contributed by atoms with Crippen molar-refractivity contribution in [1.29, 1.82) is 0 Å². The van der Waals surface area contributed by atoms with Gasteiger partial charge in [-0.05, 0) is 25.0 Å². The Hall–Kier alpha value is -3.23. The first-order valence-corrected chi connectivity index (χ1v) is 7.59. The van der Waals surface area contributed by atoms with E-state index in [2.05, 4.69) is 20.6 Å². The highest BCUT2D eigenvalue weighted by molar-refractivity contribution is 5.94. The molecule has 1 aliphatic carbocycles. The van der Waals surface area contributed by atoms with Crippen LogP contribution in [-0.4, -0.2) is 36.4 Å². The van der Waals surface area contributed by atoms with Gasteiger partial charge < -0.3 is 11.1 Å². The standard InChI is InChI=1S/C15H15N7O2/c16-15-17-10-3-1-2-4-11(10)22(15)13(23)8-21-7-12(19-20-21)18-14(24)9-5-6-9/h1-4,7,9H,5-6,8H2,(H2,16,17)(H,18,24). The van der Waals surface area contributed by atoms with Crippen molar-refractivity contribution in [3.63, 3.8) is 0 Å². The topological polar surface area (TPSA) is 121 Å². The average Bonchev–Trinajstić information content (AvgIpc) is 3.23. The minimum absolute atomic E-state index is 0.0572. The molecule has 3 N–H and O–H groups in total. The van der Waals surface area contributed by atoms with E-state index in [9.17, 15) is 9.59 Å². The number of hydrogen-bond donors (Lipinski definition) is 2. The molecule has 0 saturated heterocycles. The maximum Gasteiger partial charge on any atom is 0.255 e. The quantitative estimate of drug-likeness (QED) is 0.735. The van der Waals surface area contributed by atoms with Crippen molar-refractivity contribution in [3.05, 3.63) is 30.5 Å². The van der Waals surface area contributed by atoms with E-state index in [0.717, 1.165) is 12.8 Å². The van der Waals surface area contributed by atoms with Crippen molar-refractivity contribution in [3.8, 4) is 0 Å². The lowest BCUT2D eigenvalue weighted by Gasteiger charge is -2.04. The second-order valence-electron chi connectivity index (χ2n) is 5.75. The van der Waals surface area contributed by atoms with E-state index in [1.807, 2.05) is 12.1 Å². The molecule has 24 heavy (non-hydrogen) atoms. The fraction of sp³-hybridized carbons (Fsp3) is 0.267. The third-order valence-corrected chi connectivity index (χ3v) is 3.87. The van der Waals surface area contributed by atoms with Crippen LogP contribution in [0.5, 0.6) is 0 Å². The highest BCUT2D eigenvalue weighted by Gasteiger charge is 2.30. The van der Waals surface area contributed by atoms with Crippen LogP contribution in [0.1, 0.15) is 17.6 Å². The number of nitrogens with one attached hydrogen (secondary N) is 1. The van der Waals surface area contributed by atoms with E-state index in [1.54, 1.807) is 12.1 Å². The number of nitrogens with zero attached hydrogens (tertiary/aromatic N) is 5. The van der Waals surface area contributed by atoms with Crippen LogP contribution in [-0.2, 0) is 11.3 Å². The number of aromatic nitrogens is 5. The summed E-state index contributed by atoms with van der Waals surface area (Å²) in [6, 6.07) is 7.21. The van der Waals surface area contributed by atoms with Crippen molar-refractivity contribution in [2.75, 3.05) is 11.1 Å². The minimum atomic E-state index is -0.286. The molecule has 2 heterocycles. The molecule has 9 heteroatoms. The summed E-state index contributed by atoms with van der Waals surface area (Å²) in [6.45, 7) is -0.0587. The number of nitrogen functional groups attached to an aromatic ring is 1. The molecule has 1 fully saturated rings. The molecule has 0 radical (unpaired) electrons. The SMILES string of the molecule is Nc1nc2ccccc2n1C(=O)Cn1cc(NC(=O)C2CC2)nn1. The Morgan fingerprint density at radius 3 is 2.88 bits per heavy atom. The van der Waals surface area contributed by atoms with E-state index < -0.39 is 0 Å². The van der Waals surface area contributed by atoms with E-state index in [0.29, 0.717) is 16.9 Å². The molecular weight excluding hydrogens is 310 g/mol. The van der Waals surface area contributed by atoms with Crippen molar-refractivity contribution in [2.45, 2.75) is 19.4 Å². The number of anilines is 2. The van der Waals surface area contributed by atoms with Gasteiger partial charge in [0, 0.05) is 5.92 Å². The Balaban J connectivity index is 1.52. The molecule has 4 rings (SSSR count). The maximum atomic E-state index is 12.5. The van der Waals surface area contributed by atoms with Gasteiger partial charge in [-0.15, -0.1) is 5.10 Å². The smallest absolute Gasteiger partial charge is 0.255 e. The Morgan fingerprint density at radius 1 is 1.29 bits per heavy atom. The number of imidazole rings is 1. The first-order chi connectivity index (χ1) is 11.6. The molecule has 122 valence electrons. The lowest BCUT2D eigenvalue weighted by molar-refractivity contribution is -0.117. The number of carbonyl (C=O) groups excluding carboxylic acids is 2. The fourth-order valence-electron chi connectivity index (χ4n) is 2.52. The first-order valence-electron chi connectivity index (χ1n) is 7.59. The summed E-state index contributed by atoms with van der Waals surface area (Å²) in [5.74, 6) is 0.199. The second-order valence-corrected chi connectivity index (χ2v) is 5.75. The zero-order chi connectivity index (χ0) is 16.7. The molecule has 3 aromatic rings. The third kappa shape index (κ3) is 2.60. The molecule has 0 spiro atoms. The summed E-state index contributed by atoms with van der Waals surface area (Å²) in [5, 5.41) is 10.4. The van der Waals surface area contributed by atoms with Gasteiger partial charge in [0.2, 0.25) is 11.9 Å². The Morgan fingerprint density at radius 2 is 2.08 bits per heavy atom. The number of benzene rings is 1. The van der Waals surface area contributed by atoms with Crippen LogP contribution < -0.4 is 11.1 Å². The molecule has 9 nitrogen and oxygen atoms in total. The minimum Gasteiger partial charge on any atom is -0.369 e. The van der Waals surface area contributed by atoms with Crippen molar-refractivity contribution >= 4 is 34.6 Å². The van der Waals surface area contributed by atoms with Gasteiger partial charge in [0.15, 0.2) is 5.82 Å². The molecule has 0 atom stereocenters. The Kier molecular flexibility index (Phi) is 3.26. The summed E-state index contributed by atoms with van der Waals surface area (Å²) in [7, 11) is 0. The molecule has 0 bridgehead atoms. The van der Waals surface area contributed by atoms with Gasteiger partial charge in [0.1, 0.15) is 6.54 Å². The molecule has 2 aromatic heterocycles. The molecule has 1 aromatic carbocycles. The number of rotatable bonds is 4. The van der Waals surface area contributed by atoms with Crippen LogP contribution in [0.4, 0.5) is 11.8 Å². The maximum absolute atomic E-state index is 12.5. The fourth-order valence-corrected chi connectivity index (χ4v) is 2.52. The number of fused-ring (bicyclic) bond motifs is 1. The zero-order valence-corrected chi connectivity index (χ0v) is 12.7. The summed E-state index contributed by atoms with van der Waals surface area (Å²) < 4.78 is 2.71. The summed E-state index contributed by atoms with van der Waals surface area (Å²) in [4.78, 5) is 28.4. The van der Waals surface area contributed by atoms with Crippen LogP contribution >= 0.6 is 0 Å². The molecule has 1 amide bonds. The molecule has 0 unspecified atom stereocenters. The first kappa shape index (κ1) is 14.4. The summed E-state index contributed by atoms with van der Waals surface area (Å²) in [6.07, 6.45) is 3.34. The van der Waals surface area contributed by atoms with Crippen LogP contribution in [0, 0.1) is 5.92 Å². The lowest BCUT2D eigenvalue weighted by Crippen LogP contribution is -2.20. The number of hydrogen-bond acceptors (Lipinski definition) is 6. The van der Waals surface area contributed by atoms with Gasteiger partial charge in [-0.1, -0.05) is 17.3 Å². The van der Waals surface area contributed by atoms with Crippen LogP contribution in [0.2, 0.25) is 0 Å². The molecular formula is C15H15N7O2. The largest absolute Gasteiger partial charge is 0.369 e. The predicted molar refractivity (Wildman–Crippen MR) is 86.1 cm³/mol. The van der Waals surface area contributed by atoms with Crippen LogP contribution in [0.15, 0.2) is 30.5 Å². The van der Waals surface area contributed by atoms with Gasteiger partial charge in [-0.2, -0.15) is 0 Å². The van der Waals surface area contributed by atoms with E-state index in [4.69, 9.17) is 5.73 Å². The van der Waals surface area contributed by atoms with Gasteiger partial charge >= 0.3 is 0 Å². The summed E-state index contributed by atoms with van der Waals surface area (Å²) in [5.41, 5.74) is 7.14. The normalized spacial score (nSPS) is 14.0. The van der Waals surface area contributed by atoms with Gasteiger partial charge in [-0.3, -0.25) is 9.59 Å². The molecule has 1 saturated carbocycles. The zero-order valence-electron chi connectivity index (χ0n) is 12.7. The average molecular weight is 325 g/mol. The monoisotopic (exact) mass is 325 g/mol. The van der Waals surface area contributed by atoms with Crippen molar-refractivity contribution < 1.29 is 9.59 Å². The number of amides is 1. The Bertz CT molecular complexity index is 938. The molecule has 0 aliphatic heterocycles.